The Kier molecular flexibility index (Phi) is 5.57. The van der Waals surface area contributed by atoms with Crippen molar-refractivity contribution in [2.45, 2.75) is 18.2 Å². The van der Waals surface area contributed by atoms with Gasteiger partial charge in [-0.3, -0.25) is 14.2 Å². The van der Waals surface area contributed by atoms with Crippen LogP contribution in [0.5, 0.6) is 11.5 Å². The second kappa shape index (κ2) is 8.46. The number of benzene rings is 2. The predicted octanol–water partition coefficient (Wildman–Crippen LogP) is 2.73. The number of carbonyl (C=O) groups excluding carboxylic acids is 2. The fourth-order valence-electron chi connectivity index (χ4n) is 2.86. The van der Waals surface area contributed by atoms with Crippen molar-refractivity contribution in [3.63, 3.8) is 0 Å². The van der Waals surface area contributed by atoms with E-state index >= 15 is 0 Å². The number of aromatic nitrogens is 3. The first kappa shape index (κ1) is 19.8. The lowest BCUT2D eigenvalue weighted by Gasteiger charge is -2.23. The molecule has 0 saturated heterocycles. The molecule has 1 aromatic heterocycles. The Labute approximate surface area is 176 Å². The molecule has 9 nitrogen and oxygen atoms in total. The van der Waals surface area contributed by atoms with Gasteiger partial charge in [0.05, 0.1) is 18.6 Å². The van der Waals surface area contributed by atoms with Gasteiger partial charge in [0.1, 0.15) is 17.8 Å². The van der Waals surface area contributed by atoms with E-state index in [4.69, 9.17) is 9.47 Å². The van der Waals surface area contributed by atoms with Crippen LogP contribution in [0.4, 0.5) is 11.4 Å². The number of methoxy groups -OCH3 is 1. The van der Waals surface area contributed by atoms with Crippen LogP contribution in [-0.2, 0) is 9.59 Å². The van der Waals surface area contributed by atoms with Crippen LogP contribution in [0, 0.1) is 0 Å². The number of nitrogens with one attached hydrogen (secondary N) is 2. The quantitative estimate of drug-likeness (QED) is 0.585. The second-order valence-corrected chi connectivity index (χ2v) is 7.42. The zero-order valence-electron chi connectivity index (χ0n) is 16.3. The van der Waals surface area contributed by atoms with Gasteiger partial charge >= 0.3 is 0 Å². The van der Waals surface area contributed by atoms with Crippen molar-refractivity contribution >= 4 is 35.0 Å². The van der Waals surface area contributed by atoms with Crippen LogP contribution in [0.3, 0.4) is 0 Å². The Bertz CT molecular complexity index is 1080. The van der Waals surface area contributed by atoms with Crippen molar-refractivity contribution in [2.75, 3.05) is 23.5 Å². The molecule has 2 amide bonds. The zero-order valence-corrected chi connectivity index (χ0v) is 17.1. The third kappa shape index (κ3) is 4.23. The smallest absolute Gasteiger partial charge is 0.265 e. The van der Waals surface area contributed by atoms with Gasteiger partial charge in [0, 0.05) is 11.4 Å². The van der Waals surface area contributed by atoms with Crippen molar-refractivity contribution in [2.24, 2.45) is 0 Å². The van der Waals surface area contributed by atoms with E-state index in [1.807, 2.05) is 24.3 Å². The normalized spacial score (nSPS) is 15.0. The molecule has 10 heteroatoms. The summed E-state index contributed by atoms with van der Waals surface area (Å²) in [4.78, 5) is 24.2. The second-order valence-electron chi connectivity index (χ2n) is 6.48. The first-order valence-corrected chi connectivity index (χ1v) is 10.1. The number of fused-ring (bicyclic) bond motifs is 1. The van der Waals surface area contributed by atoms with Gasteiger partial charge in [-0.25, -0.2) is 0 Å². The number of hydrogen-bond donors (Lipinski definition) is 2. The maximum atomic E-state index is 12.4. The van der Waals surface area contributed by atoms with E-state index in [0.717, 1.165) is 11.4 Å². The summed E-state index contributed by atoms with van der Waals surface area (Å²) in [6.45, 7) is 1.68. The molecule has 30 heavy (non-hydrogen) atoms. The monoisotopic (exact) mass is 425 g/mol. The van der Waals surface area contributed by atoms with Gasteiger partial charge in [-0.15, -0.1) is 10.2 Å². The van der Waals surface area contributed by atoms with Crippen LogP contribution in [-0.4, -0.2) is 45.5 Å². The number of thioether (sulfide) groups is 1. The van der Waals surface area contributed by atoms with Crippen molar-refractivity contribution in [3.05, 3.63) is 48.8 Å². The van der Waals surface area contributed by atoms with Gasteiger partial charge < -0.3 is 20.1 Å². The Morgan fingerprint density at radius 2 is 2.10 bits per heavy atom. The Balaban J connectivity index is 1.39. The summed E-state index contributed by atoms with van der Waals surface area (Å²) < 4.78 is 12.5. The minimum atomic E-state index is -0.544. The highest BCUT2D eigenvalue weighted by molar-refractivity contribution is 7.99. The Hall–Kier alpha value is -3.53. The maximum Gasteiger partial charge on any atom is 0.265 e. The lowest BCUT2D eigenvalue weighted by Crippen LogP contribution is -2.34. The molecule has 0 radical (unpaired) electrons. The summed E-state index contributed by atoms with van der Waals surface area (Å²) in [7, 11) is 1.61. The highest BCUT2D eigenvalue weighted by atomic mass is 32.2. The van der Waals surface area contributed by atoms with E-state index < -0.39 is 6.10 Å². The molecule has 3 aromatic rings. The van der Waals surface area contributed by atoms with Crippen molar-refractivity contribution in [3.8, 4) is 17.2 Å². The molecule has 1 atom stereocenters. The minimum Gasteiger partial charge on any atom is -0.497 e. The van der Waals surface area contributed by atoms with Gasteiger partial charge in [0.15, 0.2) is 11.3 Å². The third-order valence-electron chi connectivity index (χ3n) is 4.39. The van der Waals surface area contributed by atoms with E-state index in [1.54, 1.807) is 43.1 Å². The van der Waals surface area contributed by atoms with Crippen LogP contribution in [0.2, 0.25) is 0 Å². The van der Waals surface area contributed by atoms with Crippen molar-refractivity contribution in [1.82, 2.24) is 14.8 Å². The number of hydrogen-bond acceptors (Lipinski definition) is 7. The summed E-state index contributed by atoms with van der Waals surface area (Å²) in [6, 6.07) is 12.6. The first-order valence-electron chi connectivity index (χ1n) is 9.12. The number of rotatable bonds is 6. The Morgan fingerprint density at radius 1 is 1.30 bits per heavy atom. The SMILES string of the molecule is COc1ccc(-n2cnnc2SCC(=O)Nc2ccc3c(c2)NC(=O)C(C)O3)cc1. The molecular weight excluding hydrogens is 406 g/mol. The average Bonchev–Trinajstić information content (AvgIpc) is 3.22. The molecule has 0 saturated carbocycles. The topological polar surface area (TPSA) is 107 Å². The summed E-state index contributed by atoms with van der Waals surface area (Å²) in [5, 5.41) is 14.2. The van der Waals surface area contributed by atoms with E-state index in [9.17, 15) is 9.59 Å². The lowest BCUT2D eigenvalue weighted by atomic mass is 10.2. The standard InChI is InChI=1S/C20H19N5O4S/c1-12-19(27)23-16-9-13(3-8-17(16)29-12)22-18(26)10-30-20-24-21-11-25(20)14-4-6-15(28-2)7-5-14/h3-9,11-12H,10H2,1-2H3,(H,22,26)(H,23,27). The zero-order chi connectivity index (χ0) is 21.1. The Morgan fingerprint density at radius 3 is 2.87 bits per heavy atom. The van der Waals surface area contributed by atoms with Crippen LogP contribution >= 0.6 is 11.8 Å². The molecule has 2 heterocycles. The molecule has 0 aliphatic carbocycles. The molecule has 4 rings (SSSR count). The minimum absolute atomic E-state index is 0.145. The molecule has 0 bridgehead atoms. The van der Waals surface area contributed by atoms with E-state index in [-0.39, 0.29) is 17.6 Å². The van der Waals surface area contributed by atoms with Crippen LogP contribution in [0.1, 0.15) is 6.92 Å². The number of anilines is 2. The molecule has 1 unspecified atom stereocenters. The van der Waals surface area contributed by atoms with Crippen molar-refractivity contribution in [1.29, 1.82) is 0 Å². The van der Waals surface area contributed by atoms with Crippen LogP contribution in [0.25, 0.3) is 5.69 Å². The van der Waals surface area contributed by atoms with Gasteiger partial charge in [-0.2, -0.15) is 0 Å². The lowest BCUT2D eigenvalue weighted by molar-refractivity contribution is -0.122. The van der Waals surface area contributed by atoms with Gasteiger partial charge in [-0.1, -0.05) is 11.8 Å². The van der Waals surface area contributed by atoms with E-state index in [0.29, 0.717) is 22.3 Å². The van der Waals surface area contributed by atoms with Crippen LogP contribution < -0.4 is 20.1 Å². The fourth-order valence-corrected chi connectivity index (χ4v) is 3.59. The van der Waals surface area contributed by atoms with E-state index in [2.05, 4.69) is 20.8 Å². The molecule has 0 spiro atoms. The molecule has 1 aliphatic heterocycles. The van der Waals surface area contributed by atoms with Crippen molar-refractivity contribution < 1.29 is 19.1 Å². The summed E-state index contributed by atoms with van der Waals surface area (Å²) in [6.07, 6.45) is 1.05. The van der Waals surface area contributed by atoms with Crippen LogP contribution in [0.15, 0.2) is 53.9 Å². The van der Waals surface area contributed by atoms with Gasteiger partial charge in [-0.05, 0) is 49.4 Å². The van der Waals surface area contributed by atoms with E-state index in [1.165, 1.54) is 11.8 Å². The molecule has 1 aliphatic rings. The first-order chi connectivity index (χ1) is 14.5. The third-order valence-corrected chi connectivity index (χ3v) is 5.34. The average molecular weight is 425 g/mol. The summed E-state index contributed by atoms with van der Waals surface area (Å²) in [5.41, 5.74) is 1.96. The molecule has 0 fully saturated rings. The summed E-state index contributed by atoms with van der Waals surface area (Å²) in [5.74, 6) is 1.04. The number of carbonyl (C=O) groups is 2. The molecule has 2 aromatic carbocycles. The predicted molar refractivity (Wildman–Crippen MR) is 112 cm³/mol. The number of ether oxygens (including phenoxy) is 2. The maximum absolute atomic E-state index is 12.4. The number of amides is 2. The van der Waals surface area contributed by atoms with Gasteiger partial charge in [0.2, 0.25) is 5.91 Å². The molecular formula is C20H19N5O4S. The number of nitrogens with zero attached hydrogens (tertiary/aromatic N) is 3. The highest BCUT2D eigenvalue weighted by Crippen LogP contribution is 2.32. The highest BCUT2D eigenvalue weighted by Gasteiger charge is 2.23. The molecule has 154 valence electrons. The fraction of sp³-hybridized carbons (Fsp3) is 0.200. The summed E-state index contributed by atoms with van der Waals surface area (Å²) >= 11 is 1.27. The largest absolute Gasteiger partial charge is 0.497 e. The molecule has 2 N–H and O–H groups in total. The van der Waals surface area contributed by atoms with Gasteiger partial charge in [0.25, 0.3) is 5.91 Å².